The molecule has 0 saturated heterocycles. The molecule has 0 aliphatic rings. The van der Waals surface area contributed by atoms with Gasteiger partial charge in [0.25, 0.3) is 5.89 Å². The zero-order valence-electron chi connectivity index (χ0n) is 10.7. The van der Waals surface area contributed by atoms with Gasteiger partial charge in [-0.05, 0) is 32.4 Å². The van der Waals surface area contributed by atoms with Crippen LogP contribution in [0.15, 0.2) is 22.7 Å². The van der Waals surface area contributed by atoms with Crippen LogP contribution in [-0.4, -0.2) is 15.2 Å². The average Bonchev–Trinajstić information content (AvgIpc) is 2.72. The molecule has 0 bridgehead atoms. The number of aliphatic hydroxyl groups excluding tert-OH is 1. The first-order valence-corrected chi connectivity index (χ1v) is 5.77. The van der Waals surface area contributed by atoms with E-state index in [4.69, 9.17) is 9.26 Å². The third kappa shape index (κ3) is 2.87. The standard InChI is InChI=1S/C13H16N2O3/c1-8-4-5-11(9(2)16)12(6-8)17-7-13-14-10(3)15-18-13/h4-6,9,16H,7H2,1-3H3/t9-/m1/s1. The first-order chi connectivity index (χ1) is 8.56. The highest BCUT2D eigenvalue weighted by Gasteiger charge is 2.11. The van der Waals surface area contributed by atoms with E-state index in [1.165, 1.54) is 0 Å². The van der Waals surface area contributed by atoms with Crippen LogP contribution in [0.5, 0.6) is 5.75 Å². The fourth-order valence-corrected chi connectivity index (χ4v) is 1.65. The van der Waals surface area contributed by atoms with Gasteiger partial charge in [0.1, 0.15) is 5.75 Å². The lowest BCUT2D eigenvalue weighted by atomic mass is 10.1. The van der Waals surface area contributed by atoms with Gasteiger partial charge in [-0.2, -0.15) is 4.98 Å². The maximum absolute atomic E-state index is 9.67. The third-order valence-electron chi connectivity index (χ3n) is 2.54. The van der Waals surface area contributed by atoms with Crippen LogP contribution in [0, 0.1) is 13.8 Å². The van der Waals surface area contributed by atoms with Crippen molar-refractivity contribution in [2.75, 3.05) is 0 Å². The largest absolute Gasteiger partial charge is 0.483 e. The minimum atomic E-state index is -0.579. The minimum Gasteiger partial charge on any atom is -0.483 e. The minimum absolute atomic E-state index is 0.198. The zero-order valence-corrected chi connectivity index (χ0v) is 10.7. The van der Waals surface area contributed by atoms with Crippen LogP contribution in [0.25, 0.3) is 0 Å². The van der Waals surface area contributed by atoms with Gasteiger partial charge in [-0.15, -0.1) is 0 Å². The Labute approximate surface area is 105 Å². The second-order valence-electron chi connectivity index (χ2n) is 4.24. The molecule has 5 nitrogen and oxygen atoms in total. The third-order valence-corrected chi connectivity index (χ3v) is 2.54. The first-order valence-electron chi connectivity index (χ1n) is 5.77. The van der Waals surface area contributed by atoms with Gasteiger partial charge in [0, 0.05) is 5.56 Å². The highest BCUT2D eigenvalue weighted by molar-refractivity contribution is 5.38. The average molecular weight is 248 g/mol. The molecule has 0 spiro atoms. The zero-order chi connectivity index (χ0) is 13.1. The van der Waals surface area contributed by atoms with Crippen molar-refractivity contribution in [3.63, 3.8) is 0 Å². The molecule has 0 saturated carbocycles. The van der Waals surface area contributed by atoms with Crippen LogP contribution in [0.3, 0.4) is 0 Å². The molecule has 1 aromatic carbocycles. The van der Waals surface area contributed by atoms with Gasteiger partial charge in [0.2, 0.25) is 0 Å². The molecule has 1 atom stereocenters. The van der Waals surface area contributed by atoms with E-state index < -0.39 is 6.10 Å². The van der Waals surface area contributed by atoms with Crippen LogP contribution in [0.4, 0.5) is 0 Å². The topological polar surface area (TPSA) is 68.4 Å². The number of rotatable bonds is 4. The number of aryl methyl sites for hydroxylation is 2. The van der Waals surface area contributed by atoms with Crippen molar-refractivity contribution in [3.8, 4) is 5.75 Å². The van der Waals surface area contributed by atoms with Crippen molar-refractivity contribution in [1.29, 1.82) is 0 Å². The summed E-state index contributed by atoms with van der Waals surface area (Å²) in [7, 11) is 0. The molecule has 2 rings (SSSR count). The highest BCUT2D eigenvalue weighted by atomic mass is 16.5. The lowest BCUT2D eigenvalue weighted by molar-refractivity contribution is 0.185. The quantitative estimate of drug-likeness (QED) is 0.899. The van der Waals surface area contributed by atoms with E-state index in [-0.39, 0.29) is 6.61 Å². The van der Waals surface area contributed by atoms with E-state index in [1.807, 2.05) is 25.1 Å². The molecule has 96 valence electrons. The number of nitrogens with zero attached hydrogens (tertiary/aromatic N) is 2. The first kappa shape index (κ1) is 12.6. The fraction of sp³-hybridized carbons (Fsp3) is 0.385. The van der Waals surface area contributed by atoms with E-state index in [0.29, 0.717) is 17.5 Å². The van der Waals surface area contributed by atoms with Gasteiger partial charge < -0.3 is 14.4 Å². The molecule has 0 unspecified atom stereocenters. The van der Waals surface area contributed by atoms with Crippen LogP contribution >= 0.6 is 0 Å². The summed E-state index contributed by atoms with van der Waals surface area (Å²) in [5.41, 5.74) is 1.81. The number of ether oxygens (including phenoxy) is 1. The smallest absolute Gasteiger partial charge is 0.264 e. The van der Waals surface area contributed by atoms with Crippen LogP contribution < -0.4 is 4.74 Å². The van der Waals surface area contributed by atoms with Crippen molar-refractivity contribution >= 4 is 0 Å². The van der Waals surface area contributed by atoms with Crippen LogP contribution in [0.2, 0.25) is 0 Å². The lowest BCUT2D eigenvalue weighted by Crippen LogP contribution is -2.01. The monoisotopic (exact) mass is 248 g/mol. The van der Waals surface area contributed by atoms with Crippen molar-refractivity contribution in [1.82, 2.24) is 10.1 Å². The summed E-state index contributed by atoms with van der Waals surface area (Å²) < 4.78 is 10.6. The molecule has 0 radical (unpaired) electrons. The van der Waals surface area contributed by atoms with Gasteiger partial charge >= 0.3 is 0 Å². The molecule has 0 aliphatic heterocycles. The Morgan fingerprint density at radius 1 is 1.39 bits per heavy atom. The molecule has 0 amide bonds. The lowest BCUT2D eigenvalue weighted by Gasteiger charge is -2.13. The van der Waals surface area contributed by atoms with Gasteiger partial charge in [0.15, 0.2) is 12.4 Å². The Balaban J connectivity index is 2.15. The molecule has 1 N–H and O–H groups in total. The number of hydrogen-bond acceptors (Lipinski definition) is 5. The molecule has 18 heavy (non-hydrogen) atoms. The van der Waals surface area contributed by atoms with E-state index >= 15 is 0 Å². The van der Waals surface area contributed by atoms with E-state index in [0.717, 1.165) is 11.1 Å². The predicted octanol–water partition coefficient (Wildman–Crippen LogP) is 2.32. The Bertz CT molecular complexity index is 535. The Hall–Kier alpha value is -1.88. The van der Waals surface area contributed by atoms with Gasteiger partial charge in [-0.25, -0.2) is 0 Å². The summed E-state index contributed by atoms with van der Waals surface area (Å²) in [6.07, 6.45) is -0.579. The number of hydrogen-bond donors (Lipinski definition) is 1. The molecule has 0 fully saturated rings. The fourth-order valence-electron chi connectivity index (χ4n) is 1.65. The summed E-state index contributed by atoms with van der Waals surface area (Å²) in [6, 6.07) is 5.67. The molecule has 0 aliphatic carbocycles. The van der Waals surface area contributed by atoms with Gasteiger partial charge in [0.05, 0.1) is 6.10 Å². The Morgan fingerprint density at radius 2 is 2.17 bits per heavy atom. The number of benzene rings is 1. The van der Waals surface area contributed by atoms with Crippen LogP contribution in [0.1, 0.15) is 35.9 Å². The Morgan fingerprint density at radius 3 is 2.78 bits per heavy atom. The molecular weight excluding hydrogens is 232 g/mol. The molecule has 2 aromatic rings. The number of aromatic nitrogens is 2. The SMILES string of the molecule is Cc1ccc([C@@H](C)O)c(OCc2nc(C)no2)c1. The van der Waals surface area contributed by atoms with E-state index in [2.05, 4.69) is 10.1 Å². The van der Waals surface area contributed by atoms with E-state index in [1.54, 1.807) is 13.8 Å². The van der Waals surface area contributed by atoms with Crippen molar-refractivity contribution in [3.05, 3.63) is 41.0 Å². The second kappa shape index (κ2) is 5.18. The van der Waals surface area contributed by atoms with Crippen molar-refractivity contribution in [2.45, 2.75) is 33.5 Å². The highest BCUT2D eigenvalue weighted by Crippen LogP contribution is 2.26. The summed E-state index contributed by atoms with van der Waals surface area (Å²) in [6.45, 7) is 5.62. The molecule has 1 aromatic heterocycles. The maximum Gasteiger partial charge on any atom is 0.264 e. The van der Waals surface area contributed by atoms with Gasteiger partial charge in [-0.3, -0.25) is 0 Å². The van der Waals surface area contributed by atoms with Crippen LogP contribution in [-0.2, 0) is 6.61 Å². The summed E-state index contributed by atoms with van der Waals surface area (Å²) in [5, 5.41) is 13.4. The maximum atomic E-state index is 9.67. The predicted molar refractivity (Wildman–Crippen MR) is 65.2 cm³/mol. The van der Waals surface area contributed by atoms with Crippen molar-refractivity contribution in [2.24, 2.45) is 0 Å². The molecule has 1 heterocycles. The number of aliphatic hydroxyl groups is 1. The molecule has 5 heteroatoms. The second-order valence-corrected chi connectivity index (χ2v) is 4.24. The van der Waals surface area contributed by atoms with Gasteiger partial charge in [-0.1, -0.05) is 17.3 Å². The summed E-state index contributed by atoms with van der Waals surface area (Å²) >= 11 is 0. The summed E-state index contributed by atoms with van der Waals surface area (Å²) in [5.74, 6) is 1.64. The summed E-state index contributed by atoms with van der Waals surface area (Å²) in [4.78, 5) is 4.06. The normalized spacial score (nSPS) is 12.4. The molecular formula is C13H16N2O3. The van der Waals surface area contributed by atoms with E-state index in [9.17, 15) is 5.11 Å². The van der Waals surface area contributed by atoms with Crippen molar-refractivity contribution < 1.29 is 14.4 Å². The Kier molecular flexibility index (Phi) is 3.62.